The second-order valence-electron chi connectivity index (χ2n) is 9.63. The van der Waals surface area contributed by atoms with E-state index in [0.717, 1.165) is 31.2 Å². The van der Waals surface area contributed by atoms with Crippen LogP contribution in [-0.2, 0) is 36.9 Å². The number of cyclic esters (lactones) is 2. The Hall–Kier alpha value is -3.68. The van der Waals surface area contributed by atoms with Crippen LogP contribution in [0, 0.1) is 5.82 Å². The summed E-state index contributed by atoms with van der Waals surface area (Å²) in [5, 5.41) is 0. The number of hydrogen-bond donors (Lipinski definition) is 0. The van der Waals surface area contributed by atoms with Gasteiger partial charge in [0.05, 0.1) is 23.8 Å². The average molecular weight is 565 g/mol. The summed E-state index contributed by atoms with van der Waals surface area (Å²) in [6.45, 7) is 4.49. The molecule has 2 aromatic carbocycles. The average Bonchev–Trinajstić information content (AvgIpc) is 3.05. The van der Waals surface area contributed by atoms with Crippen molar-refractivity contribution in [2.24, 2.45) is 0 Å². The maximum atomic E-state index is 13.7. The highest BCUT2D eigenvalue weighted by molar-refractivity contribution is 6.07. The van der Waals surface area contributed by atoms with E-state index in [0.29, 0.717) is 12.1 Å². The Kier molecular flexibility index (Phi) is 7.76. The molecule has 7 nitrogen and oxygen atoms in total. The van der Waals surface area contributed by atoms with Gasteiger partial charge in [0.2, 0.25) is 5.54 Å². The number of benzene rings is 2. The van der Waals surface area contributed by atoms with Gasteiger partial charge in [-0.2, -0.15) is 31.2 Å². The van der Waals surface area contributed by atoms with Crippen LogP contribution in [0.4, 0.5) is 40.3 Å². The predicted molar refractivity (Wildman–Crippen MR) is 118 cm³/mol. The molecule has 1 heterocycles. The fourth-order valence-electron chi connectivity index (χ4n) is 3.73. The molecule has 212 valence electrons. The quantitative estimate of drug-likeness (QED) is 0.227. The van der Waals surface area contributed by atoms with E-state index in [9.17, 15) is 45.1 Å². The summed E-state index contributed by atoms with van der Waals surface area (Å²) in [4.78, 5) is 38.9. The van der Waals surface area contributed by atoms with E-state index in [2.05, 4.69) is 4.74 Å². The Morgan fingerprint density at radius 3 is 1.92 bits per heavy atom. The van der Waals surface area contributed by atoms with Crippen LogP contribution in [0.25, 0.3) is 0 Å². The molecule has 14 heteroatoms. The SMILES string of the molecule is C[C@@H](OC[C@@]1(c2ccc(F)cc2)C(=O)OC(=O)N1C(=O)OC(C)(C)C)c1cc(C(F)(F)F)cc(C(F)(F)F)c1. The Labute approximate surface area is 217 Å². The number of hydrogen-bond acceptors (Lipinski definition) is 6. The number of halogens is 7. The normalized spacial score (nSPS) is 19.2. The summed E-state index contributed by atoms with van der Waals surface area (Å²) in [6.07, 6.45) is -14.6. The van der Waals surface area contributed by atoms with Gasteiger partial charge in [0, 0.05) is 0 Å². The number of carbonyl (C=O) groups excluding carboxylic acids is 3. The number of rotatable bonds is 5. The highest BCUT2D eigenvalue weighted by atomic mass is 19.4. The summed E-state index contributed by atoms with van der Waals surface area (Å²) in [5.74, 6) is -2.12. The molecular formula is C25H22F7NO6. The van der Waals surface area contributed by atoms with E-state index in [1.807, 2.05) is 0 Å². The van der Waals surface area contributed by atoms with Gasteiger partial charge >= 0.3 is 30.5 Å². The van der Waals surface area contributed by atoms with Gasteiger partial charge in [0.1, 0.15) is 11.4 Å². The van der Waals surface area contributed by atoms with Crippen molar-refractivity contribution in [3.05, 3.63) is 70.5 Å². The van der Waals surface area contributed by atoms with Gasteiger partial charge in [0.15, 0.2) is 0 Å². The molecule has 0 radical (unpaired) electrons. The van der Waals surface area contributed by atoms with Crippen molar-refractivity contribution < 1.29 is 59.3 Å². The second kappa shape index (κ2) is 10.1. The number of nitrogens with zero attached hydrogens (tertiary/aromatic N) is 1. The van der Waals surface area contributed by atoms with Crippen molar-refractivity contribution in [1.29, 1.82) is 0 Å². The first kappa shape index (κ1) is 29.9. The van der Waals surface area contributed by atoms with Gasteiger partial charge in [-0.05, 0) is 69.2 Å². The highest BCUT2D eigenvalue weighted by Crippen LogP contribution is 2.41. The van der Waals surface area contributed by atoms with Gasteiger partial charge in [-0.15, -0.1) is 0 Å². The smallest absolute Gasteiger partial charge is 0.428 e. The topological polar surface area (TPSA) is 82.1 Å². The van der Waals surface area contributed by atoms with Crippen LogP contribution in [-0.4, -0.2) is 35.3 Å². The van der Waals surface area contributed by atoms with Crippen LogP contribution < -0.4 is 0 Å². The van der Waals surface area contributed by atoms with E-state index in [-0.39, 0.29) is 16.5 Å². The minimum Gasteiger partial charge on any atom is -0.443 e. The molecule has 0 saturated carbocycles. The largest absolute Gasteiger partial charge is 0.443 e. The maximum Gasteiger partial charge on any atom is 0.428 e. The summed E-state index contributed by atoms with van der Waals surface area (Å²) < 4.78 is 109. The van der Waals surface area contributed by atoms with Crippen molar-refractivity contribution in [3.8, 4) is 0 Å². The molecule has 2 atom stereocenters. The molecule has 0 bridgehead atoms. The molecule has 1 aliphatic heterocycles. The third-order valence-electron chi connectivity index (χ3n) is 5.60. The van der Waals surface area contributed by atoms with Gasteiger partial charge in [-0.25, -0.2) is 18.8 Å². The molecule has 0 aliphatic carbocycles. The molecule has 2 amide bonds. The molecule has 3 rings (SSSR count). The number of imide groups is 1. The van der Waals surface area contributed by atoms with Crippen molar-refractivity contribution >= 4 is 18.2 Å². The zero-order chi connectivity index (χ0) is 29.6. The number of carbonyl (C=O) groups is 3. The molecule has 1 aliphatic rings. The van der Waals surface area contributed by atoms with Crippen molar-refractivity contribution in [2.75, 3.05) is 6.61 Å². The standard InChI is InChI=1S/C25H22F7NO6/c1-13(14-9-16(24(27,28)29)11-17(10-14)25(30,31)32)37-12-23(15-5-7-18(26)8-6-15)19(34)38-20(35)33(23)21(36)39-22(2,3)4/h5-11,13H,12H2,1-4H3/t13-,23-/m1/s1. The lowest BCUT2D eigenvalue weighted by Gasteiger charge is -2.34. The third kappa shape index (κ3) is 6.32. The zero-order valence-electron chi connectivity index (χ0n) is 20.9. The Morgan fingerprint density at radius 1 is 0.949 bits per heavy atom. The van der Waals surface area contributed by atoms with Crippen LogP contribution in [0.2, 0.25) is 0 Å². The van der Waals surface area contributed by atoms with Crippen LogP contribution in [0.15, 0.2) is 42.5 Å². The number of amides is 2. The van der Waals surface area contributed by atoms with Crippen molar-refractivity contribution in [1.82, 2.24) is 4.90 Å². The number of ether oxygens (including phenoxy) is 3. The van der Waals surface area contributed by atoms with E-state index in [4.69, 9.17) is 9.47 Å². The lowest BCUT2D eigenvalue weighted by Crippen LogP contribution is -2.54. The molecule has 2 aromatic rings. The summed E-state index contributed by atoms with van der Waals surface area (Å²) >= 11 is 0. The lowest BCUT2D eigenvalue weighted by atomic mass is 9.89. The van der Waals surface area contributed by atoms with Gasteiger partial charge in [-0.3, -0.25) is 0 Å². The van der Waals surface area contributed by atoms with Crippen LogP contribution in [0.5, 0.6) is 0 Å². The van der Waals surface area contributed by atoms with Crippen LogP contribution in [0.3, 0.4) is 0 Å². The minimum atomic E-state index is -5.12. The predicted octanol–water partition coefficient (Wildman–Crippen LogP) is 6.75. The maximum absolute atomic E-state index is 13.7. The second-order valence-corrected chi connectivity index (χ2v) is 9.63. The first-order valence-corrected chi connectivity index (χ1v) is 11.2. The number of alkyl halides is 6. The molecular weight excluding hydrogens is 543 g/mol. The molecule has 0 spiro atoms. The molecule has 0 unspecified atom stereocenters. The van der Waals surface area contributed by atoms with Crippen LogP contribution >= 0.6 is 0 Å². The minimum absolute atomic E-state index is 0.0620. The van der Waals surface area contributed by atoms with Gasteiger partial charge in [-0.1, -0.05) is 12.1 Å². The Balaban J connectivity index is 2.08. The lowest BCUT2D eigenvalue weighted by molar-refractivity contribution is -0.145. The Morgan fingerprint density at radius 2 is 1.46 bits per heavy atom. The fraction of sp³-hybridized carbons (Fsp3) is 0.400. The molecule has 0 aromatic heterocycles. The van der Waals surface area contributed by atoms with Crippen LogP contribution in [0.1, 0.15) is 56.1 Å². The van der Waals surface area contributed by atoms with E-state index in [1.165, 1.54) is 20.8 Å². The third-order valence-corrected chi connectivity index (χ3v) is 5.60. The molecule has 1 fully saturated rings. The van der Waals surface area contributed by atoms with Gasteiger partial charge < -0.3 is 14.2 Å². The zero-order valence-corrected chi connectivity index (χ0v) is 20.9. The molecule has 1 saturated heterocycles. The van der Waals surface area contributed by atoms with E-state index in [1.54, 1.807) is 0 Å². The monoisotopic (exact) mass is 565 g/mol. The summed E-state index contributed by atoms with van der Waals surface area (Å²) in [6, 6.07) is 4.67. The first-order chi connectivity index (χ1) is 17.8. The highest BCUT2D eigenvalue weighted by Gasteiger charge is 2.61. The molecule has 39 heavy (non-hydrogen) atoms. The molecule has 0 N–H and O–H groups in total. The van der Waals surface area contributed by atoms with E-state index >= 15 is 0 Å². The van der Waals surface area contributed by atoms with Gasteiger partial charge in [0.25, 0.3) is 0 Å². The summed E-state index contributed by atoms with van der Waals surface area (Å²) in [5.41, 5.74) is -7.57. The van der Waals surface area contributed by atoms with E-state index < -0.39 is 76.9 Å². The number of esters is 1. The fourth-order valence-corrected chi connectivity index (χ4v) is 3.73. The Bertz CT molecular complexity index is 1240. The van der Waals surface area contributed by atoms with Crippen molar-refractivity contribution in [2.45, 2.75) is 57.3 Å². The van der Waals surface area contributed by atoms with Crippen molar-refractivity contribution in [3.63, 3.8) is 0 Å². The first-order valence-electron chi connectivity index (χ1n) is 11.2. The summed E-state index contributed by atoms with van der Waals surface area (Å²) in [7, 11) is 0.